The van der Waals surface area contributed by atoms with Crippen LogP contribution in [-0.2, 0) is 6.54 Å². The molecule has 2 aromatic rings. The number of rotatable bonds is 4. The quantitative estimate of drug-likeness (QED) is 0.910. The van der Waals surface area contributed by atoms with Crippen LogP contribution in [0.15, 0.2) is 42.5 Å². The molecule has 1 saturated carbocycles. The summed E-state index contributed by atoms with van der Waals surface area (Å²) >= 11 is 0. The van der Waals surface area contributed by atoms with E-state index >= 15 is 0 Å². The molecule has 3 heteroatoms. The first kappa shape index (κ1) is 12.2. The molecule has 1 aliphatic rings. The van der Waals surface area contributed by atoms with Crippen LogP contribution in [0, 0.1) is 5.82 Å². The summed E-state index contributed by atoms with van der Waals surface area (Å²) in [6.45, 7) is 0.408. The van der Waals surface area contributed by atoms with E-state index in [9.17, 15) is 4.39 Å². The molecule has 2 nitrogen and oxygen atoms in total. The molecular formula is C16H16FNO. The summed E-state index contributed by atoms with van der Waals surface area (Å²) in [4.78, 5) is 0. The van der Waals surface area contributed by atoms with Crippen LogP contribution in [0.25, 0.3) is 11.1 Å². The molecule has 0 atom stereocenters. The lowest BCUT2D eigenvalue weighted by Crippen LogP contribution is -1.98. The summed E-state index contributed by atoms with van der Waals surface area (Å²) in [6, 6.07) is 12.5. The fraction of sp³-hybridized carbons (Fsp3) is 0.250. The maximum Gasteiger partial charge on any atom is 0.131 e. The molecule has 0 unspecified atom stereocenters. The summed E-state index contributed by atoms with van der Waals surface area (Å²) < 4.78 is 19.7. The van der Waals surface area contributed by atoms with Crippen LogP contribution < -0.4 is 10.5 Å². The minimum atomic E-state index is -0.235. The van der Waals surface area contributed by atoms with E-state index in [-0.39, 0.29) is 5.82 Å². The molecule has 1 aliphatic carbocycles. The first-order valence-corrected chi connectivity index (χ1v) is 6.52. The van der Waals surface area contributed by atoms with Crippen molar-refractivity contribution in [2.45, 2.75) is 25.5 Å². The molecule has 19 heavy (non-hydrogen) atoms. The summed E-state index contributed by atoms with van der Waals surface area (Å²) in [5, 5.41) is 0. The van der Waals surface area contributed by atoms with Crippen molar-refractivity contribution in [2.24, 2.45) is 5.73 Å². The van der Waals surface area contributed by atoms with Crippen LogP contribution in [-0.4, -0.2) is 6.10 Å². The maximum atomic E-state index is 13.9. The van der Waals surface area contributed by atoms with Gasteiger partial charge < -0.3 is 10.5 Å². The molecule has 98 valence electrons. The van der Waals surface area contributed by atoms with Crippen molar-refractivity contribution in [3.05, 3.63) is 53.8 Å². The number of hydrogen-bond acceptors (Lipinski definition) is 2. The summed E-state index contributed by atoms with van der Waals surface area (Å²) in [5.74, 6) is 0.568. The SMILES string of the molecule is NCc1ccc(F)c(-c2cccc(OC3CC3)c2)c1. The van der Waals surface area contributed by atoms with E-state index in [1.165, 1.54) is 6.07 Å². The van der Waals surface area contributed by atoms with E-state index in [4.69, 9.17) is 10.5 Å². The molecule has 0 aromatic heterocycles. The zero-order valence-electron chi connectivity index (χ0n) is 10.6. The van der Waals surface area contributed by atoms with E-state index < -0.39 is 0 Å². The Morgan fingerprint density at radius 2 is 2.00 bits per heavy atom. The average Bonchev–Trinajstić information content (AvgIpc) is 3.23. The molecule has 0 bridgehead atoms. The highest BCUT2D eigenvalue weighted by Crippen LogP contribution is 2.31. The van der Waals surface area contributed by atoms with Gasteiger partial charge >= 0.3 is 0 Å². The van der Waals surface area contributed by atoms with Crippen molar-refractivity contribution in [3.8, 4) is 16.9 Å². The Morgan fingerprint density at radius 1 is 1.16 bits per heavy atom. The third-order valence-electron chi connectivity index (χ3n) is 3.24. The van der Waals surface area contributed by atoms with Gasteiger partial charge in [0.1, 0.15) is 11.6 Å². The predicted octanol–water partition coefficient (Wildman–Crippen LogP) is 3.49. The minimum absolute atomic E-state index is 0.235. The Kier molecular flexibility index (Phi) is 3.22. The Bertz CT molecular complexity index is 593. The fourth-order valence-electron chi connectivity index (χ4n) is 2.04. The van der Waals surface area contributed by atoms with Gasteiger partial charge in [-0.15, -0.1) is 0 Å². The van der Waals surface area contributed by atoms with Crippen molar-refractivity contribution in [3.63, 3.8) is 0 Å². The highest BCUT2D eigenvalue weighted by Gasteiger charge is 2.23. The first-order chi connectivity index (χ1) is 9.26. The van der Waals surface area contributed by atoms with E-state index in [0.717, 1.165) is 29.7 Å². The monoisotopic (exact) mass is 257 g/mol. The first-order valence-electron chi connectivity index (χ1n) is 6.52. The molecule has 3 rings (SSSR count). The largest absolute Gasteiger partial charge is 0.490 e. The van der Waals surface area contributed by atoms with Crippen molar-refractivity contribution in [1.82, 2.24) is 0 Å². The van der Waals surface area contributed by atoms with Crippen molar-refractivity contribution < 1.29 is 9.13 Å². The number of hydrogen-bond donors (Lipinski definition) is 1. The second-order valence-electron chi connectivity index (χ2n) is 4.86. The van der Waals surface area contributed by atoms with Crippen molar-refractivity contribution in [2.75, 3.05) is 0 Å². The van der Waals surface area contributed by atoms with Gasteiger partial charge in [-0.25, -0.2) is 4.39 Å². The van der Waals surface area contributed by atoms with Gasteiger partial charge in [0, 0.05) is 12.1 Å². The number of ether oxygens (including phenoxy) is 1. The molecule has 1 fully saturated rings. The van der Waals surface area contributed by atoms with E-state index in [1.54, 1.807) is 12.1 Å². The van der Waals surface area contributed by atoms with Crippen LogP contribution in [0.3, 0.4) is 0 Å². The van der Waals surface area contributed by atoms with E-state index in [1.807, 2.05) is 24.3 Å². The normalized spacial score (nSPS) is 14.4. The van der Waals surface area contributed by atoms with Gasteiger partial charge in [-0.2, -0.15) is 0 Å². The van der Waals surface area contributed by atoms with Crippen LogP contribution in [0.4, 0.5) is 4.39 Å². The van der Waals surface area contributed by atoms with Gasteiger partial charge in [-0.3, -0.25) is 0 Å². The number of halogens is 1. The van der Waals surface area contributed by atoms with Crippen LogP contribution in [0.1, 0.15) is 18.4 Å². The summed E-state index contributed by atoms with van der Waals surface area (Å²) in [5.41, 5.74) is 7.92. The minimum Gasteiger partial charge on any atom is -0.490 e. The maximum absolute atomic E-state index is 13.9. The second-order valence-corrected chi connectivity index (χ2v) is 4.86. The molecule has 0 saturated heterocycles. The van der Waals surface area contributed by atoms with Gasteiger partial charge in [-0.05, 0) is 48.2 Å². The third-order valence-corrected chi connectivity index (χ3v) is 3.24. The van der Waals surface area contributed by atoms with Gasteiger partial charge in [0.05, 0.1) is 6.10 Å². The van der Waals surface area contributed by atoms with Crippen molar-refractivity contribution >= 4 is 0 Å². The lowest BCUT2D eigenvalue weighted by Gasteiger charge is -2.09. The molecular weight excluding hydrogens is 241 g/mol. The molecule has 0 heterocycles. The Hall–Kier alpha value is -1.87. The molecule has 2 aromatic carbocycles. The molecule has 0 radical (unpaired) electrons. The standard InChI is InChI=1S/C16H16FNO/c17-16-7-4-11(10-18)8-15(16)12-2-1-3-14(9-12)19-13-5-6-13/h1-4,7-9,13H,5-6,10,18H2. The van der Waals surface area contributed by atoms with Crippen LogP contribution in [0.5, 0.6) is 5.75 Å². The van der Waals surface area contributed by atoms with Gasteiger partial charge in [0.25, 0.3) is 0 Å². The Balaban J connectivity index is 1.95. The second kappa shape index (κ2) is 5.02. The topological polar surface area (TPSA) is 35.2 Å². The van der Waals surface area contributed by atoms with Gasteiger partial charge in [0.15, 0.2) is 0 Å². The van der Waals surface area contributed by atoms with Gasteiger partial charge in [0.2, 0.25) is 0 Å². The summed E-state index contributed by atoms with van der Waals surface area (Å²) in [7, 11) is 0. The van der Waals surface area contributed by atoms with Gasteiger partial charge in [-0.1, -0.05) is 18.2 Å². The zero-order chi connectivity index (χ0) is 13.2. The Morgan fingerprint density at radius 3 is 2.74 bits per heavy atom. The third kappa shape index (κ3) is 2.76. The van der Waals surface area contributed by atoms with Crippen LogP contribution >= 0.6 is 0 Å². The Labute approximate surface area is 112 Å². The average molecular weight is 257 g/mol. The number of benzene rings is 2. The van der Waals surface area contributed by atoms with E-state index in [2.05, 4.69) is 0 Å². The highest BCUT2D eigenvalue weighted by molar-refractivity contribution is 5.66. The molecule has 2 N–H and O–H groups in total. The zero-order valence-corrected chi connectivity index (χ0v) is 10.6. The highest BCUT2D eigenvalue weighted by atomic mass is 19.1. The lowest BCUT2D eigenvalue weighted by molar-refractivity contribution is 0.303. The smallest absolute Gasteiger partial charge is 0.131 e. The lowest BCUT2D eigenvalue weighted by atomic mass is 10.0. The summed E-state index contributed by atoms with van der Waals surface area (Å²) in [6.07, 6.45) is 2.57. The fourth-order valence-corrected chi connectivity index (χ4v) is 2.04. The van der Waals surface area contributed by atoms with E-state index in [0.29, 0.717) is 18.2 Å². The molecule has 0 aliphatic heterocycles. The predicted molar refractivity (Wildman–Crippen MR) is 73.4 cm³/mol. The molecule has 0 spiro atoms. The van der Waals surface area contributed by atoms with Crippen molar-refractivity contribution in [1.29, 1.82) is 0 Å². The number of nitrogens with two attached hydrogens (primary N) is 1. The van der Waals surface area contributed by atoms with Crippen LogP contribution in [0.2, 0.25) is 0 Å². The molecule has 0 amide bonds.